The van der Waals surface area contributed by atoms with Crippen LogP contribution in [0.3, 0.4) is 0 Å². The molecular formula is C39H48N6O7. The van der Waals surface area contributed by atoms with Crippen LogP contribution in [0.4, 0.5) is 0 Å². The van der Waals surface area contributed by atoms with Gasteiger partial charge in [-0.05, 0) is 66.6 Å². The van der Waals surface area contributed by atoms with Crippen molar-refractivity contribution in [3.63, 3.8) is 0 Å². The second-order valence-corrected chi connectivity index (χ2v) is 13.2. The SMILES string of the molecule is COc1cccc(-c2cccc(C(=O)N[C@H]3CCCNC(=O)CN(C)C(=O)[C@H](Cc4ccccc4)NC(=O)[C@@H](C)NC(=O)[C@@H](C(C)C)NC3=O)c2)c1. The van der Waals surface area contributed by atoms with Gasteiger partial charge in [0.2, 0.25) is 29.5 Å². The molecule has 52 heavy (non-hydrogen) atoms. The summed E-state index contributed by atoms with van der Waals surface area (Å²) < 4.78 is 5.33. The van der Waals surface area contributed by atoms with E-state index in [1.54, 1.807) is 39.2 Å². The van der Waals surface area contributed by atoms with E-state index in [1.807, 2.05) is 60.7 Å². The van der Waals surface area contributed by atoms with Crippen LogP contribution in [-0.4, -0.2) is 91.8 Å². The molecule has 1 aliphatic heterocycles. The first kappa shape index (κ1) is 39.1. The summed E-state index contributed by atoms with van der Waals surface area (Å²) in [6, 6.07) is 19.3. The molecule has 5 N–H and O–H groups in total. The molecule has 0 spiro atoms. The summed E-state index contributed by atoms with van der Waals surface area (Å²) in [5.74, 6) is -2.94. The maximum Gasteiger partial charge on any atom is 0.251 e. The fraction of sp³-hybridized carbons (Fsp3) is 0.385. The third-order valence-electron chi connectivity index (χ3n) is 8.79. The predicted molar refractivity (Wildman–Crippen MR) is 196 cm³/mol. The quantitative estimate of drug-likeness (QED) is 0.250. The molecule has 3 aromatic rings. The summed E-state index contributed by atoms with van der Waals surface area (Å²) in [5, 5.41) is 13.7. The first-order valence-electron chi connectivity index (χ1n) is 17.4. The zero-order valence-corrected chi connectivity index (χ0v) is 30.2. The molecule has 1 aliphatic rings. The van der Waals surface area contributed by atoms with Crippen LogP contribution in [0.1, 0.15) is 49.5 Å². The Morgan fingerprint density at radius 1 is 0.865 bits per heavy atom. The number of carbonyl (C=O) groups is 6. The van der Waals surface area contributed by atoms with Crippen molar-refractivity contribution >= 4 is 35.4 Å². The van der Waals surface area contributed by atoms with Crippen molar-refractivity contribution in [2.45, 2.75) is 64.2 Å². The van der Waals surface area contributed by atoms with Crippen LogP contribution >= 0.6 is 0 Å². The lowest BCUT2D eigenvalue weighted by atomic mass is 10.0. The van der Waals surface area contributed by atoms with Crippen molar-refractivity contribution in [1.29, 1.82) is 0 Å². The van der Waals surface area contributed by atoms with E-state index in [-0.39, 0.29) is 31.8 Å². The largest absolute Gasteiger partial charge is 0.497 e. The van der Waals surface area contributed by atoms with Gasteiger partial charge in [0.15, 0.2) is 0 Å². The number of nitrogens with zero attached hydrogens (tertiary/aromatic N) is 1. The van der Waals surface area contributed by atoms with Gasteiger partial charge in [-0.25, -0.2) is 0 Å². The smallest absolute Gasteiger partial charge is 0.251 e. The number of benzene rings is 3. The van der Waals surface area contributed by atoms with Gasteiger partial charge in [-0.1, -0.05) is 68.4 Å². The molecule has 0 radical (unpaired) electrons. The van der Waals surface area contributed by atoms with Crippen LogP contribution in [-0.2, 0) is 30.4 Å². The molecule has 0 unspecified atom stereocenters. The van der Waals surface area contributed by atoms with Crippen molar-refractivity contribution in [2.75, 3.05) is 27.2 Å². The fourth-order valence-electron chi connectivity index (χ4n) is 5.81. The molecule has 4 atom stereocenters. The number of nitrogens with one attached hydrogen (secondary N) is 5. The van der Waals surface area contributed by atoms with Gasteiger partial charge in [-0.15, -0.1) is 0 Å². The summed E-state index contributed by atoms with van der Waals surface area (Å²) in [5.41, 5.74) is 2.73. The summed E-state index contributed by atoms with van der Waals surface area (Å²) >= 11 is 0. The van der Waals surface area contributed by atoms with Gasteiger partial charge < -0.3 is 36.2 Å². The second kappa shape index (κ2) is 18.5. The van der Waals surface area contributed by atoms with Crippen LogP contribution in [0.15, 0.2) is 78.9 Å². The Hall–Kier alpha value is -5.72. The van der Waals surface area contributed by atoms with Gasteiger partial charge in [0.1, 0.15) is 29.9 Å². The molecule has 0 aliphatic carbocycles. The Morgan fingerprint density at radius 3 is 2.25 bits per heavy atom. The van der Waals surface area contributed by atoms with Crippen LogP contribution in [0, 0.1) is 5.92 Å². The van der Waals surface area contributed by atoms with Gasteiger partial charge in [0, 0.05) is 25.6 Å². The normalized spacial score (nSPS) is 21.2. The zero-order valence-electron chi connectivity index (χ0n) is 30.2. The van der Waals surface area contributed by atoms with Crippen LogP contribution in [0.2, 0.25) is 0 Å². The number of rotatable bonds is 7. The van der Waals surface area contributed by atoms with E-state index in [0.29, 0.717) is 17.7 Å². The van der Waals surface area contributed by atoms with E-state index in [9.17, 15) is 28.8 Å². The number of likely N-dealkylation sites (N-methyl/N-ethyl adjacent to an activating group) is 1. The number of carbonyl (C=O) groups excluding carboxylic acids is 6. The average Bonchev–Trinajstić information content (AvgIpc) is 3.14. The van der Waals surface area contributed by atoms with E-state index in [2.05, 4.69) is 26.6 Å². The third-order valence-corrected chi connectivity index (χ3v) is 8.79. The Balaban J connectivity index is 1.55. The Labute approximate surface area is 304 Å². The number of amides is 6. The van der Waals surface area contributed by atoms with Gasteiger partial charge in [0.25, 0.3) is 5.91 Å². The summed E-state index contributed by atoms with van der Waals surface area (Å²) in [6.07, 6.45) is 0.599. The third kappa shape index (κ3) is 10.9. The average molecular weight is 713 g/mol. The van der Waals surface area contributed by atoms with Gasteiger partial charge in [-0.3, -0.25) is 28.8 Å². The van der Waals surface area contributed by atoms with E-state index in [0.717, 1.165) is 16.7 Å². The van der Waals surface area contributed by atoms with Gasteiger partial charge in [0.05, 0.1) is 13.7 Å². The van der Waals surface area contributed by atoms with Crippen molar-refractivity contribution in [2.24, 2.45) is 5.92 Å². The summed E-state index contributed by atoms with van der Waals surface area (Å²) in [4.78, 5) is 81.8. The number of hydrogen-bond donors (Lipinski definition) is 5. The Bertz CT molecular complexity index is 1750. The highest BCUT2D eigenvalue weighted by Gasteiger charge is 2.32. The molecule has 13 nitrogen and oxygen atoms in total. The van der Waals surface area contributed by atoms with Gasteiger partial charge in [-0.2, -0.15) is 0 Å². The fourth-order valence-corrected chi connectivity index (χ4v) is 5.81. The van der Waals surface area contributed by atoms with Crippen molar-refractivity contribution in [1.82, 2.24) is 31.5 Å². The number of methoxy groups -OCH3 is 1. The highest BCUT2D eigenvalue weighted by atomic mass is 16.5. The lowest BCUT2D eigenvalue weighted by Crippen LogP contribution is -2.59. The number of hydrogen-bond acceptors (Lipinski definition) is 7. The molecule has 1 fully saturated rings. The Morgan fingerprint density at radius 2 is 1.56 bits per heavy atom. The minimum Gasteiger partial charge on any atom is -0.497 e. The highest BCUT2D eigenvalue weighted by molar-refractivity contribution is 6.00. The molecule has 3 aromatic carbocycles. The van der Waals surface area contributed by atoms with Crippen LogP contribution in [0.25, 0.3) is 11.1 Å². The summed E-state index contributed by atoms with van der Waals surface area (Å²) in [7, 11) is 3.05. The molecular weight excluding hydrogens is 664 g/mol. The van der Waals surface area contributed by atoms with E-state index in [4.69, 9.17) is 4.74 Å². The lowest BCUT2D eigenvalue weighted by molar-refractivity contribution is -0.139. The van der Waals surface area contributed by atoms with E-state index < -0.39 is 59.6 Å². The van der Waals surface area contributed by atoms with Crippen molar-refractivity contribution in [3.8, 4) is 16.9 Å². The van der Waals surface area contributed by atoms with E-state index in [1.165, 1.54) is 18.9 Å². The maximum absolute atomic E-state index is 13.8. The predicted octanol–water partition coefficient (Wildman–Crippen LogP) is 2.20. The monoisotopic (exact) mass is 712 g/mol. The molecule has 13 heteroatoms. The van der Waals surface area contributed by atoms with Crippen molar-refractivity contribution in [3.05, 3.63) is 90.0 Å². The first-order valence-corrected chi connectivity index (χ1v) is 17.4. The molecule has 0 saturated carbocycles. The van der Waals surface area contributed by atoms with E-state index >= 15 is 0 Å². The molecule has 0 aromatic heterocycles. The topological polar surface area (TPSA) is 175 Å². The Kier molecular flexibility index (Phi) is 13.9. The molecule has 1 saturated heterocycles. The second-order valence-electron chi connectivity index (χ2n) is 13.2. The van der Waals surface area contributed by atoms with Crippen LogP contribution in [0.5, 0.6) is 5.75 Å². The molecule has 6 amide bonds. The van der Waals surface area contributed by atoms with Gasteiger partial charge >= 0.3 is 0 Å². The molecule has 1 heterocycles. The van der Waals surface area contributed by atoms with Crippen molar-refractivity contribution < 1.29 is 33.5 Å². The molecule has 0 bridgehead atoms. The highest BCUT2D eigenvalue weighted by Crippen LogP contribution is 2.24. The lowest BCUT2D eigenvalue weighted by Gasteiger charge is -2.28. The maximum atomic E-state index is 13.8. The standard InChI is InChI=1S/C39H48N6O7/c1-24(2)34-38(50)41-25(3)35(47)43-32(20-26-12-7-6-8-13-26)39(51)45(4)23-33(46)40-19-11-18-31(37(49)44-34)42-36(48)29-16-9-14-27(21-29)28-15-10-17-30(22-28)52-5/h6-10,12-17,21-22,24-25,31-32,34H,11,18-20,23H2,1-5H3,(H,40,46)(H,41,50)(H,42,48)(H,43,47)(H,44,49)/t25-,31+,32+,34-/m1/s1. The minimum absolute atomic E-state index is 0.132. The number of ether oxygens (including phenoxy) is 1. The first-order chi connectivity index (χ1) is 24.9. The molecule has 276 valence electrons. The molecule has 4 rings (SSSR count). The zero-order chi connectivity index (χ0) is 37.8. The minimum atomic E-state index is -1.07. The van der Waals surface area contributed by atoms with Crippen LogP contribution < -0.4 is 31.3 Å². The summed E-state index contributed by atoms with van der Waals surface area (Å²) in [6.45, 7) is 4.86.